The number of halogens is 2. The van der Waals surface area contributed by atoms with Crippen LogP contribution in [-0.4, -0.2) is 43.3 Å². The van der Waals surface area contributed by atoms with Gasteiger partial charge in [0.05, 0.1) is 28.1 Å². The minimum atomic E-state index is -4.09. The minimum Gasteiger partial charge on any atom is -0.222 e. The first-order valence-corrected chi connectivity index (χ1v) is 12.7. The number of fused-ring (bicyclic) bond motifs is 5. The molecule has 1 aromatic carbocycles. The molecule has 0 amide bonds. The van der Waals surface area contributed by atoms with Gasteiger partial charge in [-0.1, -0.05) is 19.9 Å². The van der Waals surface area contributed by atoms with Gasteiger partial charge >= 0.3 is 0 Å². The first-order valence-electron chi connectivity index (χ1n) is 11.1. The lowest BCUT2D eigenvalue weighted by atomic mass is 9.66. The van der Waals surface area contributed by atoms with Gasteiger partial charge < -0.3 is 0 Å². The van der Waals surface area contributed by atoms with Crippen LogP contribution in [0.4, 0.5) is 8.78 Å². The molecule has 2 bridgehead atoms. The Bertz CT molecular complexity index is 1640. The largest absolute Gasteiger partial charge is 0.282 e. The molecule has 0 radical (unpaired) electrons. The Kier molecular flexibility index (Phi) is 4.67. The van der Waals surface area contributed by atoms with Gasteiger partial charge in [-0.2, -0.15) is 9.78 Å². The van der Waals surface area contributed by atoms with Crippen molar-refractivity contribution in [1.29, 1.82) is 0 Å². The van der Waals surface area contributed by atoms with Crippen LogP contribution in [0.2, 0.25) is 0 Å². The van der Waals surface area contributed by atoms with E-state index in [-0.39, 0.29) is 28.5 Å². The van der Waals surface area contributed by atoms with E-state index in [1.54, 1.807) is 18.3 Å². The predicted molar refractivity (Wildman–Crippen MR) is 122 cm³/mol. The first kappa shape index (κ1) is 22.7. The van der Waals surface area contributed by atoms with E-state index in [0.717, 1.165) is 23.1 Å². The van der Waals surface area contributed by atoms with Gasteiger partial charge in [0.1, 0.15) is 18.0 Å². The molecule has 0 unspecified atom stereocenters. The maximum Gasteiger partial charge on any atom is 0.282 e. The topological polar surface area (TPSA) is 142 Å². The minimum absolute atomic E-state index is 0.0651. The number of rotatable bonds is 4. The van der Waals surface area contributed by atoms with E-state index in [0.29, 0.717) is 11.4 Å². The van der Waals surface area contributed by atoms with Crippen molar-refractivity contribution in [3.63, 3.8) is 0 Å². The lowest BCUT2D eigenvalue weighted by Gasteiger charge is -2.37. The molecule has 4 aromatic rings. The molecule has 36 heavy (non-hydrogen) atoms. The van der Waals surface area contributed by atoms with E-state index in [1.807, 2.05) is 0 Å². The third-order valence-electron chi connectivity index (χ3n) is 7.61. The highest BCUT2D eigenvalue weighted by Gasteiger charge is 2.65. The summed E-state index contributed by atoms with van der Waals surface area (Å²) in [5.41, 5.74) is 1.19. The Balaban J connectivity index is 1.49. The number of sulfonamides is 1. The van der Waals surface area contributed by atoms with Crippen molar-refractivity contribution in [1.82, 2.24) is 34.9 Å². The van der Waals surface area contributed by atoms with Crippen LogP contribution in [0.15, 0.2) is 48.0 Å². The monoisotopic (exact) mass is 510 g/mol. The van der Waals surface area contributed by atoms with Gasteiger partial charge in [0.25, 0.3) is 21.1 Å². The summed E-state index contributed by atoms with van der Waals surface area (Å²) in [7, 11) is -4.09. The van der Waals surface area contributed by atoms with Crippen LogP contribution in [0.5, 0.6) is 0 Å². The molecular formula is C23H20F2N8O2S. The fourth-order valence-electron chi connectivity index (χ4n) is 5.93. The van der Waals surface area contributed by atoms with Crippen molar-refractivity contribution in [2.75, 3.05) is 0 Å². The molecule has 2 atom stereocenters. The second kappa shape index (κ2) is 7.40. The van der Waals surface area contributed by atoms with E-state index in [9.17, 15) is 17.2 Å². The molecule has 0 spiro atoms. The summed E-state index contributed by atoms with van der Waals surface area (Å²) in [5, 5.41) is 17.2. The third-order valence-corrected chi connectivity index (χ3v) is 8.31. The number of hydrogen-bond acceptors (Lipinski definition) is 8. The Hall–Kier alpha value is -3.71. The van der Waals surface area contributed by atoms with Crippen molar-refractivity contribution in [3.8, 4) is 17.2 Å². The molecule has 3 heterocycles. The van der Waals surface area contributed by atoms with Crippen LogP contribution < -0.4 is 5.14 Å². The molecule has 0 aliphatic heterocycles. The Morgan fingerprint density at radius 3 is 2.56 bits per heavy atom. The molecule has 184 valence electrons. The van der Waals surface area contributed by atoms with Gasteiger partial charge in [-0.3, -0.25) is 0 Å². The van der Waals surface area contributed by atoms with Gasteiger partial charge in [-0.15, -0.1) is 10.2 Å². The van der Waals surface area contributed by atoms with Crippen LogP contribution in [0.3, 0.4) is 0 Å². The van der Waals surface area contributed by atoms with Crippen molar-refractivity contribution < 1.29 is 17.2 Å². The van der Waals surface area contributed by atoms with Crippen molar-refractivity contribution in [2.45, 2.75) is 43.2 Å². The molecular weight excluding hydrogens is 490 g/mol. The first-order chi connectivity index (χ1) is 17.0. The SMILES string of the molecule is CC1(C)[C@H]2CC[C@]1(c1ccnc(-n3cnc(S(N)(=O)=O)n3)n1)c1nnc(-c3c(F)cccc3F)cc12. The molecule has 6 rings (SSSR count). The summed E-state index contributed by atoms with van der Waals surface area (Å²) in [6.45, 7) is 4.23. The van der Waals surface area contributed by atoms with Gasteiger partial charge in [0.2, 0.25) is 0 Å². The summed E-state index contributed by atoms with van der Waals surface area (Å²) in [6.07, 6.45) is 4.29. The van der Waals surface area contributed by atoms with E-state index in [2.05, 4.69) is 39.1 Å². The van der Waals surface area contributed by atoms with Crippen molar-refractivity contribution in [2.24, 2.45) is 10.6 Å². The number of benzene rings is 1. The summed E-state index contributed by atoms with van der Waals surface area (Å²) in [4.78, 5) is 12.7. The fraction of sp³-hybridized carbons (Fsp3) is 0.304. The van der Waals surface area contributed by atoms with Gasteiger partial charge in [0, 0.05) is 6.20 Å². The summed E-state index contributed by atoms with van der Waals surface area (Å²) in [5.74, 6) is -1.22. The molecule has 2 N–H and O–H groups in total. The zero-order chi connectivity index (χ0) is 25.5. The van der Waals surface area contributed by atoms with Gasteiger partial charge in [-0.25, -0.2) is 37.3 Å². The highest BCUT2D eigenvalue weighted by atomic mass is 32.2. The van der Waals surface area contributed by atoms with Gasteiger partial charge in [0.15, 0.2) is 0 Å². The standard InChI is InChI=1S/C23H20F2N8O2S/c1-22(2)13-6-8-23(22,17-7-9-27-20(29-17)33-11-28-21(32-33)36(26,34)35)19-12(13)10-16(30-31-19)18-14(24)4-3-5-15(18)25/h3-5,7,9-11,13H,6,8H2,1-2H3,(H2,26,34,35)/t13-,23-/m0/s1. The molecule has 1 saturated carbocycles. The summed E-state index contributed by atoms with van der Waals surface area (Å²) < 4.78 is 53.3. The van der Waals surface area contributed by atoms with Crippen LogP contribution in [-0.2, 0) is 15.4 Å². The average Bonchev–Trinajstić information content (AvgIpc) is 3.48. The van der Waals surface area contributed by atoms with Crippen LogP contribution in [0.1, 0.15) is 49.6 Å². The highest BCUT2D eigenvalue weighted by Crippen LogP contribution is 2.69. The zero-order valence-electron chi connectivity index (χ0n) is 19.2. The Morgan fingerprint density at radius 2 is 1.86 bits per heavy atom. The number of nitrogens with two attached hydrogens (primary N) is 1. The normalized spacial score (nSPS) is 22.1. The van der Waals surface area contributed by atoms with E-state index < -0.39 is 32.2 Å². The fourth-order valence-corrected chi connectivity index (χ4v) is 6.32. The molecule has 2 aliphatic rings. The van der Waals surface area contributed by atoms with Crippen molar-refractivity contribution in [3.05, 3.63) is 71.4 Å². The lowest BCUT2D eigenvalue weighted by molar-refractivity contribution is 0.242. The third kappa shape index (κ3) is 2.99. The maximum absolute atomic E-state index is 14.5. The maximum atomic E-state index is 14.5. The van der Waals surface area contributed by atoms with Crippen molar-refractivity contribution >= 4 is 10.0 Å². The average molecular weight is 511 g/mol. The number of primary sulfonamides is 1. The van der Waals surface area contributed by atoms with E-state index in [4.69, 9.17) is 10.1 Å². The van der Waals surface area contributed by atoms with Crippen LogP contribution in [0.25, 0.3) is 17.2 Å². The second-order valence-corrected chi connectivity index (χ2v) is 11.1. The van der Waals surface area contributed by atoms with E-state index in [1.165, 1.54) is 24.5 Å². The lowest BCUT2D eigenvalue weighted by Crippen LogP contribution is -2.38. The number of nitrogens with zero attached hydrogens (tertiary/aromatic N) is 7. The summed E-state index contributed by atoms with van der Waals surface area (Å²) in [6, 6.07) is 7.21. The van der Waals surface area contributed by atoms with Crippen LogP contribution >= 0.6 is 0 Å². The van der Waals surface area contributed by atoms with Gasteiger partial charge in [-0.05, 0) is 54.0 Å². The summed E-state index contributed by atoms with van der Waals surface area (Å²) >= 11 is 0. The van der Waals surface area contributed by atoms with E-state index >= 15 is 0 Å². The zero-order valence-corrected chi connectivity index (χ0v) is 20.0. The molecule has 3 aromatic heterocycles. The second-order valence-electron chi connectivity index (χ2n) is 9.61. The quantitative estimate of drug-likeness (QED) is 0.441. The molecule has 10 nitrogen and oxygen atoms in total. The predicted octanol–water partition coefficient (Wildman–Crippen LogP) is 2.64. The smallest absolute Gasteiger partial charge is 0.222 e. The van der Waals surface area contributed by atoms with Crippen LogP contribution in [0, 0.1) is 17.0 Å². The molecule has 2 aliphatic carbocycles. The molecule has 1 fully saturated rings. The number of hydrogen-bond donors (Lipinski definition) is 1. The highest BCUT2D eigenvalue weighted by molar-refractivity contribution is 7.89. The molecule has 0 saturated heterocycles. The Morgan fingerprint density at radius 1 is 1.11 bits per heavy atom. The Labute approximate surface area is 204 Å². The number of aromatic nitrogens is 7. The molecule has 13 heteroatoms.